The van der Waals surface area contributed by atoms with E-state index < -0.39 is 0 Å². The normalized spacial score (nSPS) is 10.3. The van der Waals surface area contributed by atoms with Gasteiger partial charge in [-0.1, -0.05) is 6.07 Å². The molecule has 94 valence electrons. The Morgan fingerprint density at radius 2 is 1.78 bits per heavy atom. The minimum Gasteiger partial charge on any atom is -0.384 e. The van der Waals surface area contributed by atoms with Crippen LogP contribution in [0.15, 0.2) is 30.6 Å². The summed E-state index contributed by atoms with van der Waals surface area (Å²) in [6.45, 7) is 5.96. The zero-order valence-electron chi connectivity index (χ0n) is 10.7. The Morgan fingerprint density at radius 3 is 2.33 bits per heavy atom. The van der Waals surface area contributed by atoms with Crippen LogP contribution in [-0.2, 0) is 0 Å². The summed E-state index contributed by atoms with van der Waals surface area (Å²) in [4.78, 5) is 15.1. The average Bonchev–Trinajstić information content (AvgIpc) is 2.41. The van der Waals surface area contributed by atoms with Gasteiger partial charge in [-0.15, -0.1) is 0 Å². The lowest BCUT2D eigenvalue weighted by Gasteiger charge is -2.18. The van der Waals surface area contributed by atoms with Crippen molar-refractivity contribution in [3.63, 3.8) is 0 Å². The number of aromatic nitrogens is 3. The van der Waals surface area contributed by atoms with Gasteiger partial charge in [-0.05, 0) is 26.0 Å². The second-order valence-electron chi connectivity index (χ2n) is 3.89. The van der Waals surface area contributed by atoms with Crippen molar-refractivity contribution in [1.29, 1.82) is 0 Å². The Bertz CT molecular complexity index is 505. The SMILES string of the molecule is CCN(CC)c1ncc(-c2cccc(N)n2)cn1. The first kappa shape index (κ1) is 12.3. The van der Waals surface area contributed by atoms with E-state index >= 15 is 0 Å². The highest BCUT2D eigenvalue weighted by Gasteiger charge is 2.06. The molecule has 0 aromatic carbocycles. The average molecular weight is 243 g/mol. The molecule has 0 spiro atoms. The lowest BCUT2D eigenvalue weighted by atomic mass is 10.2. The predicted octanol–water partition coefficient (Wildman–Crippen LogP) is 1.97. The standard InChI is InChI=1S/C13H17N5/c1-3-18(4-2)13-15-8-10(9-16-13)11-6-5-7-12(14)17-11/h5-9H,3-4H2,1-2H3,(H2,14,17). The van der Waals surface area contributed by atoms with Crippen molar-refractivity contribution in [2.24, 2.45) is 0 Å². The van der Waals surface area contributed by atoms with Crippen LogP contribution in [0.3, 0.4) is 0 Å². The zero-order chi connectivity index (χ0) is 13.0. The molecule has 0 amide bonds. The zero-order valence-corrected chi connectivity index (χ0v) is 10.7. The fourth-order valence-electron chi connectivity index (χ4n) is 1.74. The third kappa shape index (κ3) is 2.56. The second kappa shape index (κ2) is 5.44. The second-order valence-corrected chi connectivity index (χ2v) is 3.89. The maximum absolute atomic E-state index is 5.66. The van der Waals surface area contributed by atoms with Crippen molar-refractivity contribution in [1.82, 2.24) is 15.0 Å². The largest absolute Gasteiger partial charge is 0.384 e. The number of hydrogen-bond acceptors (Lipinski definition) is 5. The summed E-state index contributed by atoms with van der Waals surface area (Å²) < 4.78 is 0. The number of rotatable bonds is 4. The van der Waals surface area contributed by atoms with E-state index in [1.165, 1.54) is 0 Å². The maximum atomic E-state index is 5.66. The topological polar surface area (TPSA) is 67.9 Å². The van der Waals surface area contributed by atoms with Gasteiger partial charge in [-0.25, -0.2) is 15.0 Å². The van der Waals surface area contributed by atoms with E-state index in [9.17, 15) is 0 Å². The molecule has 2 aromatic rings. The van der Waals surface area contributed by atoms with E-state index in [0.29, 0.717) is 5.82 Å². The maximum Gasteiger partial charge on any atom is 0.225 e. The molecule has 0 bridgehead atoms. The van der Waals surface area contributed by atoms with Gasteiger partial charge in [-0.2, -0.15) is 0 Å². The van der Waals surface area contributed by atoms with Gasteiger partial charge in [-0.3, -0.25) is 0 Å². The van der Waals surface area contributed by atoms with E-state index in [1.807, 2.05) is 12.1 Å². The molecule has 0 atom stereocenters. The Morgan fingerprint density at radius 1 is 1.11 bits per heavy atom. The summed E-state index contributed by atoms with van der Waals surface area (Å²) in [5.41, 5.74) is 7.32. The van der Waals surface area contributed by atoms with Crippen LogP contribution in [0.1, 0.15) is 13.8 Å². The molecule has 0 saturated heterocycles. The molecule has 0 unspecified atom stereocenters. The van der Waals surface area contributed by atoms with Crippen LogP contribution in [-0.4, -0.2) is 28.0 Å². The lowest BCUT2D eigenvalue weighted by Crippen LogP contribution is -2.23. The Hall–Kier alpha value is -2.17. The van der Waals surface area contributed by atoms with Crippen molar-refractivity contribution in [3.05, 3.63) is 30.6 Å². The van der Waals surface area contributed by atoms with Gasteiger partial charge in [0, 0.05) is 31.0 Å². The number of anilines is 2. The highest BCUT2D eigenvalue weighted by Crippen LogP contribution is 2.17. The first-order valence-electron chi connectivity index (χ1n) is 6.04. The molecule has 5 heteroatoms. The van der Waals surface area contributed by atoms with Crippen LogP contribution in [0.2, 0.25) is 0 Å². The third-order valence-electron chi connectivity index (χ3n) is 2.75. The van der Waals surface area contributed by atoms with E-state index in [-0.39, 0.29) is 0 Å². The van der Waals surface area contributed by atoms with Crippen LogP contribution >= 0.6 is 0 Å². The molecule has 18 heavy (non-hydrogen) atoms. The summed E-state index contributed by atoms with van der Waals surface area (Å²) in [5, 5.41) is 0. The van der Waals surface area contributed by atoms with Crippen molar-refractivity contribution in [2.75, 3.05) is 23.7 Å². The molecular formula is C13H17N5. The molecule has 0 radical (unpaired) electrons. The number of nitrogens with two attached hydrogens (primary N) is 1. The summed E-state index contributed by atoms with van der Waals surface area (Å²) >= 11 is 0. The van der Waals surface area contributed by atoms with Crippen molar-refractivity contribution >= 4 is 11.8 Å². The molecule has 2 aromatic heterocycles. The van der Waals surface area contributed by atoms with Gasteiger partial charge in [0.2, 0.25) is 5.95 Å². The van der Waals surface area contributed by atoms with Gasteiger partial charge in [0.15, 0.2) is 0 Å². The number of hydrogen-bond donors (Lipinski definition) is 1. The molecule has 0 fully saturated rings. The highest BCUT2D eigenvalue weighted by molar-refractivity contribution is 5.59. The fourth-order valence-corrected chi connectivity index (χ4v) is 1.74. The quantitative estimate of drug-likeness (QED) is 0.889. The van der Waals surface area contributed by atoms with Gasteiger partial charge in [0.05, 0.1) is 5.69 Å². The van der Waals surface area contributed by atoms with Crippen molar-refractivity contribution in [2.45, 2.75) is 13.8 Å². The fraction of sp³-hybridized carbons (Fsp3) is 0.308. The molecule has 2 rings (SSSR count). The van der Waals surface area contributed by atoms with Gasteiger partial charge < -0.3 is 10.6 Å². The molecular weight excluding hydrogens is 226 g/mol. The Labute approximate surface area is 107 Å². The van der Waals surface area contributed by atoms with E-state index in [2.05, 4.69) is 33.7 Å². The number of pyridine rings is 1. The highest BCUT2D eigenvalue weighted by atomic mass is 15.2. The molecule has 0 aliphatic rings. The van der Waals surface area contributed by atoms with E-state index in [1.54, 1.807) is 18.5 Å². The minimum absolute atomic E-state index is 0.500. The smallest absolute Gasteiger partial charge is 0.225 e. The lowest BCUT2D eigenvalue weighted by molar-refractivity contribution is 0.821. The molecule has 0 saturated carbocycles. The van der Waals surface area contributed by atoms with Gasteiger partial charge in [0.1, 0.15) is 5.82 Å². The van der Waals surface area contributed by atoms with Crippen molar-refractivity contribution in [3.8, 4) is 11.3 Å². The first-order chi connectivity index (χ1) is 8.74. The van der Waals surface area contributed by atoms with E-state index in [4.69, 9.17) is 5.73 Å². The summed E-state index contributed by atoms with van der Waals surface area (Å²) in [6.07, 6.45) is 3.56. The summed E-state index contributed by atoms with van der Waals surface area (Å²) in [6, 6.07) is 5.52. The van der Waals surface area contributed by atoms with Crippen LogP contribution in [0.4, 0.5) is 11.8 Å². The number of nitrogen functional groups attached to an aromatic ring is 1. The Kier molecular flexibility index (Phi) is 3.72. The minimum atomic E-state index is 0.500. The summed E-state index contributed by atoms with van der Waals surface area (Å²) in [5.74, 6) is 1.24. The monoisotopic (exact) mass is 243 g/mol. The molecule has 5 nitrogen and oxygen atoms in total. The van der Waals surface area contributed by atoms with Gasteiger partial charge >= 0.3 is 0 Å². The Balaban J connectivity index is 2.27. The summed E-state index contributed by atoms with van der Waals surface area (Å²) in [7, 11) is 0. The van der Waals surface area contributed by atoms with Gasteiger partial charge in [0.25, 0.3) is 0 Å². The van der Waals surface area contributed by atoms with Crippen LogP contribution in [0, 0.1) is 0 Å². The van der Waals surface area contributed by atoms with Crippen LogP contribution in [0.5, 0.6) is 0 Å². The van der Waals surface area contributed by atoms with E-state index in [0.717, 1.165) is 30.3 Å². The molecule has 2 N–H and O–H groups in total. The van der Waals surface area contributed by atoms with Crippen LogP contribution < -0.4 is 10.6 Å². The first-order valence-corrected chi connectivity index (χ1v) is 6.04. The van der Waals surface area contributed by atoms with Crippen molar-refractivity contribution < 1.29 is 0 Å². The van der Waals surface area contributed by atoms with Crippen LogP contribution in [0.25, 0.3) is 11.3 Å². The molecule has 0 aliphatic carbocycles. The predicted molar refractivity (Wildman–Crippen MR) is 73.2 cm³/mol. The number of nitrogens with zero attached hydrogens (tertiary/aromatic N) is 4. The molecule has 0 aliphatic heterocycles. The molecule has 2 heterocycles. The third-order valence-corrected chi connectivity index (χ3v) is 2.75.